The quantitative estimate of drug-likeness (QED) is 0.746. The Morgan fingerprint density at radius 2 is 2.07 bits per heavy atom. The van der Waals surface area contributed by atoms with Gasteiger partial charge in [0, 0.05) is 18.7 Å². The minimum Gasteiger partial charge on any atom is -0.326 e. The van der Waals surface area contributed by atoms with Crippen LogP contribution >= 0.6 is 0 Å². The van der Waals surface area contributed by atoms with Gasteiger partial charge in [-0.05, 0) is 49.2 Å². The van der Waals surface area contributed by atoms with Crippen LogP contribution in [0.25, 0.3) is 10.9 Å². The minimum atomic E-state index is -0.516. The van der Waals surface area contributed by atoms with Crippen molar-refractivity contribution in [1.29, 1.82) is 0 Å². The zero-order valence-electron chi connectivity index (χ0n) is 15.0. The number of hydrogen-bond acceptors (Lipinski definition) is 3. The summed E-state index contributed by atoms with van der Waals surface area (Å²) < 4.78 is 14.2. The minimum absolute atomic E-state index is 0.0689. The Hall–Kier alpha value is -3.22. The van der Waals surface area contributed by atoms with Crippen molar-refractivity contribution in [3.8, 4) is 0 Å². The van der Waals surface area contributed by atoms with E-state index in [0.29, 0.717) is 11.2 Å². The molecule has 1 atom stereocenters. The van der Waals surface area contributed by atoms with Crippen molar-refractivity contribution in [1.82, 2.24) is 10.2 Å². The molecular formula is C20H19FN4O2. The van der Waals surface area contributed by atoms with Crippen molar-refractivity contribution in [3.63, 3.8) is 0 Å². The van der Waals surface area contributed by atoms with E-state index in [-0.39, 0.29) is 36.0 Å². The molecule has 4 rings (SSSR count). The Balaban J connectivity index is 1.54. The van der Waals surface area contributed by atoms with Gasteiger partial charge in [-0.25, -0.2) is 4.39 Å². The molecule has 138 valence electrons. The van der Waals surface area contributed by atoms with E-state index < -0.39 is 11.7 Å². The number of hydrogen-bond donors (Lipinski definition) is 2. The first kappa shape index (κ1) is 17.2. The molecule has 7 heteroatoms. The van der Waals surface area contributed by atoms with E-state index in [1.165, 1.54) is 11.0 Å². The van der Waals surface area contributed by atoms with Gasteiger partial charge in [0.05, 0.1) is 16.8 Å². The first-order chi connectivity index (χ1) is 12.9. The number of aryl methyl sites for hydroxylation is 2. The summed E-state index contributed by atoms with van der Waals surface area (Å²) in [5.41, 5.74) is 3.43. The SMILES string of the molecule is Cc1ccc(NC(=O)C2CC(=O)N(c3n[nH]c4cccc(F)c34)C2)cc1C. The van der Waals surface area contributed by atoms with Crippen LogP contribution in [-0.4, -0.2) is 28.6 Å². The van der Waals surface area contributed by atoms with Gasteiger partial charge in [0.25, 0.3) is 0 Å². The summed E-state index contributed by atoms with van der Waals surface area (Å²) in [5.74, 6) is -1.21. The fourth-order valence-corrected chi connectivity index (χ4v) is 3.36. The molecule has 1 aromatic heterocycles. The molecule has 1 aliphatic rings. The highest BCUT2D eigenvalue weighted by atomic mass is 19.1. The number of carbonyl (C=O) groups is 2. The van der Waals surface area contributed by atoms with Crippen molar-refractivity contribution in [2.75, 3.05) is 16.8 Å². The molecule has 0 saturated carbocycles. The molecule has 0 radical (unpaired) electrons. The van der Waals surface area contributed by atoms with Crippen molar-refractivity contribution in [3.05, 3.63) is 53.3 Å². The highest BCUT2D eigenvalue weighted by Gasteiger charge is 2.37. The number of nitrogens with zero attached hydrogens (tertiary/aromatic N) is 2. The summed E-state index contributed by atoms with van der Waals surface area (Å²) in [6.07, 6.45) is 0.0689. The van der Waals surface area contributed by atoms with Crippen LogP contribution in [0, 0.1) is 25.6 Å². The molecule has 1 saturated heterocycles. The monoisotopic (exact) mass is 366 g/mol. The largest absolute Gasteiger partial charge is 0.326 e. The maximum Gasteiger partial charge on any atom is 0.229 e. The van der Waals surface area contributed by atoms with Crippen LogP contribution in [0.4, 0.5) is 15.9 Å². The third-order valence-corrected chi connectivity index (χ3v) is 5.05. The number of nitrogens with one attached hydrogen (secondary N) is 2. The van der Waals surface area contributed by atoms with E-state index in [1.54, 1.807) is 12.1 Å². The smallest absolute Gasteiger partial charge is 0.229 e. The van der Waals surface area contributed by atoms with E-state index in [1.807, 2.05) is 32.0 Å². The predicted octanol–water partition coefficient (Wildman–Crippen LogP) is 3.31. The summed E-state index contributed by atoms with van der Waals surface area (Å²) in [5, 5.41) is 9.97. The van der Waals surface area contributed by atoms with Crippen LogP contribution in [0.5, 0.6) is 0 Å². The second-order valence-corrected chi connectivity index (χ2v) is 6.90. The zero-order chi connectivity index (χ0) is 19.1. The van der Waals surface area contributed by atoms with E-state index in [9.17, 15) is 14.0 Å². The van der Waals surface area contributed by atoms with E-state index in [4.69, 9.17) is 0 Å². The lowest BCUT2D eigenvalue weighted by molar-refractivity contribution is -0.122. The van der Waals surface area contributed by atoms with Crippen molar-refractivity contribution in [2.45, 2.75) is 20.3 Å². The second-order valence-electron chi connectivity index (χ2n) is 6.90. The Morgan fingerprint density at radius 1 is 1.26 bits per heavy atom. The standard InChI is InChI=1S/C20H19FN4O2/c1-11-6-7-14(8-12(11)2)22-20(27)13-9-17(26)25(10-13)19-18-15(21)4-3-5-16(18)23-24-19/h3-8,13H,9-10H2,1-2H3,(H,22,27)(H,23,24). The van der Waals surface area contributed by atoms with Crippen LogP contribution in [-0.2, 0) is 9.59 Å². The molecule has 0 spiro atoms. The van der Waals surface area contributed by atoms with Crippen molar-refractivity contribution < 1.29 is 14.0 Å². The summed E-state index contributed by atoms with van der Waals surface area (Å²) >= 11 is 0. The van der Waals surface area contributed by atoms with Gasteiger partial charge in [0.1, 0.15) is 5.82 Å². The molecule has 1 aliphatic heterocycles. The Labute approximate surface area is 155 Å². The fraction of sp³-hybridized carbons (Fsp3) is 0.250. The number of rotatable bonds is 3. The van der Waals surface area contributed by atoms with Crippen LogP contribution in [0.1, 0.15) is 17.5 Å². The molecule has 2 aromatic carbocycles. The third-order valence-electron chi connectivity index (χ3n) is 5.05. The van der Waals surface area contributed by atoms with Gasteiger partial charge in [0.2, 0.25) is 11.8 Å². The Kier molecular flexibility index (Phi) is 4.14. The van der Waals surface area contributed by atoms with Gasteiger partial charge in [-0.1, -0.05) is 12.1 Å². The predicted molar refractivity (Wildman–Crippen MR) is 101 cm³/mol. The van der Waals surface area contributed by atoms with Gasteiger partial charge < -0.3 is 5.32 Å². The van der Waals surface area contributed by atoms with E-state index in [0.717, 1.165) is 11.1 Å². The van der Waals surface area contributed by atoms with E-state index >= 15 is 0 Å². The number of carbonyl (C=O) groups excluding carboxylic acids is 2. The molecule has 2 amide bonds. The molecular weight excluding hydrogens is 347 g/mol. The highest BCUT2D eigenvalue weighted by Crippen LogP contribution is 2.31. The van der Waals surface area contributed by atoms with Gasteiger partial charge in [0.15, 0.2) is 5.82 Å². The molecule has 3 aromatic rings. The first-order valence-corrected chi connectivity index (χ1v) is 8.75. The summed E-state index contributed by atoms with van der Waals surface area (Å²) in [4.78, 5) is 26.5. The number of H-pyrrole nitrogens is 1. The van der Waals surface area contributed by atoms with Crippen LogP contribution in [0.15, 0.2) is 36.4 Å². The number of amides is 2. The fourth-order valence-electron chi connectivity index (χ4n) is 3.36. The van der Waals surface area contributed by atoms with Gasteiger partial charge in [-0.2, -0.15) is 5.10 Å². The third kappa shape index (κ3) is 3.05. The van der Waals surface area contributed by atoms with Crippen LogP contribution in [0.3, 0.4) is 0 Å². The number of benzene rings is 2. The normalized spacial score (nSPS) is 16.9. The van der Waals surface area contributed by atoms with Gasteiger partial charge >= 0.3 is 0 Å². The summed E-state index contributed by atoms with van der Waals surface area (Å²) in [6, 6.07) is 10.3. The number of aromatic amines is 1. The molecule has 0 aliphatic carbocycles. The number of fused-ring (bicyclic) bond motifs is 1. The van der Waals surface area contributed by atoms with Crippen LogP contribution in [0.2, 0.25) is 0 Å². The lowest BCUT2D eigenvalue weighted by atomic mass is 10.1. The number of anilines is 2. The second kappa shape index (κ2) is 6.50. The molecule has 6 nitrogen and oxygen atoms in total. The van der Waals surface area contributed by atoms with Gasteiger partial charge in [-0.3, -0.25) is 19.6 Å². The molecule has 0 bridgehead atoms. The molecule has 2 N–H and O–H groups in total. The van der Waals surface area contributed by atoms with Gasteiger partial charge in [-0.15, -0.1) is 0 Å². The average Bonchev–Trinajstić information content (AvgIpc) is 3.22. The zero-order valence-corrected chi connectivity index (χ0v) is 15.0. The molecule has 1 fully saturated rings. The summed E-state index contributed by atoms with van der Waals surface area (Å²) in [6.45, 7) is 4.15. The Bertz CT molecular complexity index is 1060. The summed E-state index contributed by atoms with van der Waals surface area (Å²) in [7, 11) is 0. The topological polar surface area (TPSA) is 78.1 Å². The maximum absolute atomic E-state index is 14.2. The van der Waals surface area contributed by atoms with Crippen molar-refractivity contribution >= 4 is 34.2 Å². The first-order valence-electron chi connectivity index (χ1n) is 8.75. The lowest BCUT2D eigenvalue weighted by Gasteiger charge is -2.15. The number of halogens is 1. The average molecular weight is 366 g/mol. The van der Waals surface area contributed by atoms with Crippen LogP contribution < -0.4 is 10.2 Å². The molecule has 2 heterocycles. The lowest BCUT2D eigenvalue weighted by Crippen LogP contribution is -2.28. The number of aromatic nitrogens is 2. The van der Waals surface area contributed by atoms with E-state index in [2.05, 4.69) is 15.5 Å². The Morgan fingerprint density at radius 3 is 2.85 bits per heavy atom. The maximum atomic E-state index is 14.2. The molecule has 1 unspecified atom stereocenters. The molecule has 27 heavy (non-hydrogen) atoms. The van der Waals surface area contributed by atoms with Crippen molar-refractivity contribution in [2.24, 2.45) is 5.92 Å². The highest BCUT2D eigenvalue weighted by molar-refractivity contribution is 6.07.